The Hall–Kier alpha value is -2.13. The summed E-state index contributed by atoms with van der Waals surface area (Å²) in [5, 5.41) is 3.90. The summed E-state index contributed by atoms with van der Waals surface area (Å²) >= 11 is 6.10. The van der Waals surface area contributed by atoms with E-state index in [1.807, 2.05) is 36.4 Å². The Morgan fingerprint density at radius 1 is 1.14 bits per heavy atom. The van der Waals surface area contributed by atoms with E-state index in [9.17, 15) is 4.79 Å². The topological polar surface area (TPSA) is 33.2 Å². The van der Waals surface area contributed by atoms with E-state index < -0.39 is 0 Å². The molecule has 2 aromatic carbocycles. The van der Waals surface area contributed by atoms with Gasteiger partial charge >= 0.3 is 0 Å². The van der Waals surface area contributed by atoms with Gasteiger partial charge in [0.15, 0.2) is 0 Å². The second-order valence-corrected chi connectivity index (χ2v) is 5.58. The summed E-state index contributed by atoms with van der Waals surface area (Å²) in [5.74, 6) is 0.0251. The molecule has 0 atom stereocenters. The molecule has 0 aliphatic carbocycles. The molecule has 0 saturated heterocycles. The zero-order chi connectivity index (χ0) is 15.0. The fourth-order valence-electron chi connectivity index (χ4n) is 2.45. The number of amides is 1. The highest BCUT2D eigenvalue weighted by molar-refractivity contribution is 6.31. The lowest BCUT2D eigenvalue weighted by Gasteiger charge is -2.16. The van der Waals surface area contributed by atoms with E-state index in [2.05, 4.69) is 6.07 Å². The maximum absolute atomic E-state index is 11.5. The minimum Gasteiger partial charge on any atom is -0.340 e. The minimum atomic E-state index is 0.0251. The van der Waals surface area contributed by atoms with E-state index >= 15 is 0 Å². The van der Waals surface area contributed by atoms with Gasteiger partial charge in [-0.2, -0.15) is 0 Å². The summed E-state index contributed by atoms with van der Waals surface area (Å²) in [4.78, 5) is 17.9. The van der Waals surface area contributed by atoms with E-state index in [0.29, 0.717) is 11.6 Å². The molecular weight excluding hydrogens is 284 g/mol. The number of nitrogens with zero attached hydrogens (tertiary/aromatic N) is 2. The van der Waals surface area contributed by atoms with Gasteiger partial charge in [0.25, 0.3) is 0 Å². The molecule has 0 spiro atoms. The van der Waals surface area contributed by atoms with Crippen molar-refractivity contribution in [3.8, 4) is 0 Å². The zero-order valence-electron chi connectivity index (χ0n) is 11.9. The van der Waals surface area contributed by atoms with Crippen molar-refractivity contribution in [1.82, 2.24) is 9.88 Å². The minimum absolute atomic E-state index is 0.0251. The number of hydrogen-bond donors (Lipinski definition) is 0. The molecule has 3 aromatic rings. The third-order valence-electron chi connectivity index (χ3n) is 3.67. The van der Waals surface area contributed by atoms with Crippen LogP contribution in [0.1, 0.15) is 12.6 Å². The summed E-state index contributed by atoms with van der Waals surface area (Å²) in [6.45, 7) is 2.05. The van der Waals surface area contributed by atoms with Crippen LogP contribution in [0.25, 0.3) is 21.7 Å². The number of carbonyl (C=O) groups excluding carboxylic acids is 1. The van der Waals surface area contributed by atoms with Gasteiger partial charge in [0.1, 0.15) is 0 Å². The summed E-state index contributed by atoms with van der Waals surface area (Å²) in [5.41, 5.74) is 1.79. The van der Waals surface area contributed by atoms with Crippen molar-refractivity contribution in [3.05, 3.63) is 53.2 Å². The third-order valence-corrected chi connectivity index (χ3v) is 3.90. The maximum Gasteiger partial charge on any atom is 0.219 e. The second-order valence-electron chi connectivity index (χ2n) is 5.14. The number of halogens is 1. The number of carbonyl (C=O) groups is 1. The molecule has 3 rings (SSSR count). The predicted octanol–water partition coefficient (Wildman–Crippen LogP) is 4.02. The van der Waals surface area contributed by atoms with Gasteiger partial charge < -0.3 is 4.90 Å². The lowest BCUT2D eigenvalue weighted by molar-refractivity contribution is -0.128. The Morgan fingerprint density at radius 3 is 2.57 bits per heavy atom. The molecular formula is C17H15ClN2O. The van der Waals surface area contributed by atoms with Crippen molar-refractivity contribution in [2.75, 3.05) is 7.05 Å². The molecule has 21 heavy (non-hydrogen) atoms. The van der Waals surface area contributed by atoms with E-state index in [1.165, 1.54) is 0 Å². The number of pyridine rings is 1. The molecule has 3 nitrogen and oxygen atoms in total. The number of rotatable bonds is 2. The van der Waals surface area contributed by atoms with Crippen LogP contribution in [0.5, 0.6) is 0 Å². The van der Waals surface area contributed by atoms with E-state index in [4.69, 9.17) is 16.6 Å². The highest BCUT2D eigenvalue weighted by atomic mass is 35.5. The SMILES string of the molecule is CC(=O)N(C)Cc1nc2ccc(Cl)cc2c2ccccc12. The summed E-state index contributed by atoms with van der Waals surface area (Å²) in [7, 11) is 1.78. The monoisotopic (exact) mass is 298 g/mol. The Bertz CT molecular complexity index is 845. The first kappa shape index (κ1) is 13.8. The van der Waals surface area contributed by atoms with Gasteiger partial charge in [-0.05, 0) is 23.6 Å². The van der Waals surface area contributed by atoms with Crippen molar-refractivity contribution in [2.45, 2.75) is 13.5 Å². The van der Waals surface area contributed by atoms with Crippen molar-refractivity contribution in [3.63, 3.8) is 0 Å². The third kappa shape index (κ3) is 2.57. The van der Waals surface area contributed by atoms with Crippen LogP contribution in [-0.2, 0) is 11.3 Å². The lowest BCUT2D eigenvalue weighted by atomic mass is 10.0. The summed E-state index contributed by atoms with van der Waals surface area (Å²) < 4.78 is 0. The Balaban J connectivity index is 2.28. The van der Waals surface area contributed by atoms with Crippen molar-refractivity contribution in [1.29, 1.82) is 0 Å². The number of benzene rings is 2. The van der Waals surface area contributed by atoms with Crippen LogP contribution in [-0.4, -0.2) is 22.8 Å². The van der Waals surface area contributed by atoms with Gasteiger partial charge in [-0.1, -0.05) is 35.9 Å². The van der Waals surface area contributed by atoms with Crippen LogP contribution in [0.4, 0.5) is 0 Å². The molecule has 1 heterocycles. The molecule has 0 unspecified atom stereocenters. The van der Waals surface area contributed by atoms with Crippen LogP contribution in [0.3, 0.4) is 0 Å². The van der Waals surface area contributed by atoms with Crippen molar-refractivity contribution < 1.29 is 4.79 Å². The first-order valence-electron chi connectivity index (χ1n) is 6.75. The Labute approximate surface area is 128 Å². The Morgan fingerprint density at radius 2 is 1.86 bits per heavy atom. The molecule has 0 radical (unpaired) electrons. The quantitative estimate of drug-likeness (QED) is 0.670. The first-order chi connectivity index (χ1) is 10.1. The van der Waals surface area contributed by atoms with Crippen LogP contribution >= 0.6 is 11.6 Å². The smallest absolute Gasteiger partial charge is 0.219 e. The fraction of sp³-hybridized carbons (Fsp3) is 0.176. The molecule has 4 heteroatoms. The van der Waals surface area contributed by atoms with E-state index in [-0.39, 0.29) is 5.91 Å². The van der Waals surface area contributed by atoms with Gasteiger partial charge in [-0.15, -0.1) is 0 Å². The lowest BCUT2D eigenvalue weighted by Crippen LogP contribution is -2.23. The summed E-state index contributed by atoms with van der Waals surface area (Å²) in [6.07, 6.45) is 0. The van der Waals surface area contributed by atoms with Gasteiger partial charge in [0, 0.05) is 29.8 Å². The molecule has 0 fully saturated rings. The van der Waals surface area contributed by atoms with Gasteiger partial charge in [-0.3, -0.25) is 9.78 Å². The molecule has 0 aliphatic heterocycles. The molecule has 0 aliphatic rings. The van der Waals surface area contributed by atoms with Gasteiger partial charge in [0.05, 0.1) is 17.8 Å². The number of fused-ring (bicyclic) bond motifs is 3. The van der Waals surface area contributed by atoms with Gasteiger partial charge in [-0.25, -0.2) is 0 Å². The molecule has 106 valence electrons. The second kappa shape index (κ2) is 5.34. The van der Waals surface area contributed by atoms with Crippen LogP contribution in [0.2, 0.25) is 5.02 Å². The molecule has 1 aromatic heterocycles. The van der Waals surface area contributed by atoms with Crippen LogP contribution in [0.15, 0.2) is 42.5 Å². The fourth-order valence-corrected chi connectivity index (χ4v) is 2.63. The summed E-state index contributed by atoms with van der Waals surface area (Å²) in [6, 6.07) is 13.8. The molecule has 0 bridgehead atoms. The Kier molecular flexibility index (Phi) is 3.52. The average molecular weight is 299 g/mol. The zero-order valence-corrected chi connectivity index (χ0v) is 12.7. The van der Waals surface area contributed by atoms with Crippen LogP contribution < -0.4 is 0 Å². The number of aromatic nitrogens is 1. The van der Waals surface area contributed by atoms with Crippen LogP contribution in [0, 0.1) is 0 Å². The van der Waals surface area contributed by atoms with E-state index in [1.54, 1.807) is 18.9 Å². The largest absolute Gasteiger partial charge is 0.340 e. The predicted molar refractivity (Wildman–Crippen MR) is 86.4 cm³/mol. The van der Waals surface area contributed by atoms with Gasteiger partial charge in [0.2, 0.25) is 5.91 Å². The highest BCUT2D eigenvalue weighted by Crippen LogP contribution is 2.28. The van der Waals surface area contributed by atoms with Crippen molar-refractivity contribution in [2.24, 2.45) is 0 Å². The normalized spacial score (nSPS) is 11.0. The average Bonchev–Trinajstić information content (AvgIpc) is 2.48. The molecule has 0 N–H and O–H groups in total. The van der Waals surface area contributed by atoms with E-state index in [0.717, 1.165) is 27.4 Å². The number of hydrogen-bond acceptors (Lipinski definition) is 2. The highest BCUT2D eigenvalue weighted by Gasteiger charge is 2.11. The maximum atomic E-state index is 11.5. The standard InChI is InChI=1S/C17H15ClN2O/c1-11(21)20(2)10-17-14-6-4-3-5-13(14)15-9-12(18)7-8-16(15)19-17/h3-9H,10H2,1-2H3. The first-order valence-corrected chi connectivity index (χ1v) is 7.12. The van der Waals surface area contributed by atoms with Crippen molar-refractivity contribution >= 4 is 39.2 Å². The molecule has 0 saturated carbocycles. The molecule has 1 amide bonds.